The van der Waals surface area contributed by atoms with Gasteiger partial charge < -0.3 is 0 Å². The molecule has 2 aromatic heterocycles. The number of nitrogens with zero attached hydrogens (tertiary/aromatic N) is 4. The van der Waals surface area contributed by atoms with Gasteiger partial charge in [-0.1, -0.05) is 133 Å². The number of benzene rings is 7. The highest BCUT2D eigenvalue weighted by Gasteiger charge is 2.23. The molecule has 0 unspecified atom stereocenters. The molecule has 4 nitrogen and oxygen atoms in total. The fourth-order valence-electron chi connectivity index (χ4n) is 7.50. The number of hydrogen-bond donors (Lipinski definition) is 0. The van der Waals surface area contributed by atoms with E-state index < -0.39 is 0 Å². The lowest BCUT2D eigenvalue weighted by Gasteiger charge is -2.13. The Bertz CT molecular complexity index is 2720. The number of rotatable bonds is 4. The van der Waals surface area contributed by atoms with E-state index in [-0.39, 0.29) is 0 Å². The summed E-state index contributed by atoms with van der Waals surface area (Å²) in [4.78, 5) is 20.2. The largest absolute Gasteiger partial charge is 0.256 e. The Labute approximate surface area is 283 Å². The molecule has 0 radical (unpaired) electrons. The van der Waals surface area contributed by atoms with Crippen molar-refractivity contribution < 1.29 is 0 Å². The Morgan fingerprint density at radius 3 is 1.65 bits per heavy atom. The molecule has 1 aliphatic carbocycles. The Hall–Kier alpha value is -6.52. The maximum Gasteiger partial charge on any atom is 0.164 e. The second-order valence-corrected chi connectivity index (χ2v) is 12.6. The molecular formula is C45H28N4. The molecule has 0 aliphatic heterocycles. The van der Waals surface area contributed by atoms with Crippen LogP contribution in [-0.4, -0.2) is 19.9 Å². The Morgan fingerprint density at radius 2 is 0.918 bits per heavy atom. The summed E-state index contributed by atoms with van der Waals surface area (Å²) in [5.41, 5.74) is 10.0. The van der Waals surface area contributed by atoms with Gasteiger partial charge in [0.2, 0.25) is 0 Å². The lowest BCUT2D eigenvalue weighted by molar-refractivity contribution is 1.07. The minimum Gasteiger partial charge on any atom is -0.256 e. The average Bonchev–Trinajstić information content (AvgIpc) is 3.57. The monoisotopic (exact) mass is 624 g/mol. The van der Waals surface area contributed by atoms with Crippen LogP contribution in [0.5, 0.6) is 0 Å². The van der Waals surface area contributed by atoms with E-state index in [9.17, 15) is 0 Å². The molecule has 0 saturated carbocycles. The van der Waals surface area contributed by atoms with Gasteiger partial charge in [-0.3, -0.25) is 4.98 Å². The van der Waals surface area contributed by atoms with Crippen molar-refractivity contribution in [3.63, 3.8) is 0 Å². The van der Waals surface area contributed by atoms with Crippen LogP contribution in [0.25, 0.3) is 88.9 Å². The highest BCUT2D eigenvalue weighted by molar-refractivity contribution is 6.25. The van der Waals surface area contributed by atoms with Gasteiger partial charge in [0, 0.05) is 34.9 Å². The molecule has 0 fully saturated rings. The smallest absolute Gasteiger partial charge is 0.164 e. The fourth-order valence-corrected chi connectivity index (χ4v) is 7.50. The zero-order chi connectivity index (χ0) is 32.3. The first kappa shape index (κ1) is 27.6. The molecular weight excluding hydrogens is 597 g/mol. The third-order valence-corrected chi connectivity index (χ3v) is 9.79. The summed E-state index contributed by atoms with van der Waals surface area (Å²) in [6, 6.07) is 53.3. The van der Waals surface area contributed by atoms with Crippen molar-refractivity contribution in [2.24, 2.45) is 0 Å². The third-order valence-electron chi connectivity index (χ3n) is 9.79. The fraction of sp³-hybridized carbons (Fsp3) is 0.0222. The zero-order valence-corrected chi connectivity index (χ0v) is 26.5. The van der Waals surface area contributed by atoms with Crippen LogP contribution < -0.4 is 0 Å². The Balaban J connectivity index is 1.15. The van der Waals surface area contributed by atoms with E-state index in [0.29, 0.717) is 17.5 Å². The van der Waals surface area contributed by atoms with Crippen LogP contribution in [-0.2, 0) is 6.42 Å². The van der Waals surface area contributed by atoms with Gasteiger partial charge in [0.25, 0.3) is 0 Å². The van der Waals surface area contributed by atoms with Gasteiger partial charge >= 0.3 is 0 Å². The first-order chi connectivity index (χ1) is 24.3. The molecule has 4 heteroatoms. The van der Waals surface area contributed by atoms with Gasteiger partial charge in [0.15, 0.2) is 17.5 Å². The van der Waals surface area contributed by atoms with Crippen molar-refractivity contribution in [2.45, 2.75) is 6.42 Å². The quantitative estimate of drug-likeness (QED) is 0.183. The number of aromatic nitrogens is 4. The number of hydrogen-bond acceptors (Lipinski definition) is 4. The van der Waals surface area contributed by atoms with E-state index in [2.05, 4.69) is 121 Å². The zero-order valence-electron chi connectivity index (χ0n) is 26.5. The molecule has 0 spiro atoms. The molecule has 0 saturated heterocycles. The first-order valence-corrected chi connectivity index (χ1v) is 16.6. The normalized spacial score (nSPS) is 12.0. The lowest BCUT2D eigenvalue weighted by atomic mass is 9.93. The minimum atomic E-state index is 0.630. The van der Waals surface area contributed by atoms with E-state index in [1.807, 2.05) is 36.5 Å². The van der Waals surface area contributed by atoms with Crippen LogP contribution in [0, 0.1) is 0 Å². The second-order valence-electron chi connectivity index (χ2n) is 12.6. The molecule has 2 heterocycles. The SMILES string of the molecule is c1ccc(-c2nc(-c3cccc(-c4nccc5c4Cc4ccccc4-5)c3)nc(-c3ccc4c5ccccc5c5ccccc5c4c3)n2)cc1. The van der Waals surface area contributed by atoms with Gasteiger partial charge in [-0.25, -0.2) is 15.0 Å². The van der Waals surface area contributed by atoms with Crippen molar-refractivity contribution >= 4 is 32.3 Å². The molecule has 7 aromatic carbocycles. The van der Waals surface area contributed by atoms with E-state index in [4.69, 9.17) is 19.9 Å². The van der Waals surface area contributed by atoms with Gasteiger partial charge in [0.1, 0.15) is 0 Å². The van der Waals surface area contributed by atoms with Crippen LogP contribution >= 0.6 is 0 Å². The second kappa shape index (κ2) is 11.0. The van der Waals surface area contributed by atoms with Crippen LogP contribution in [0.1, 0.15) is 11.1 Å². The first-order valence-electron chi connectivity index (χ1n) is 16.6. The van der Waals surface area contributed by atoms with E-state index in [1.54, 1.807) is 0 Å². The summed E-state index contributed by atoms with van der Waals surface area (Å²) in [7, 11) is 0. The van der Waals surface area contributed by atoms with E-state index in [0.717, 1.165) is 34.4 Å². The summed E-state index contributed by atoms with van der Waals surface area (Å²) in [5, 5.41) is 7.35. The molecule has 49 heavy (non-hydrogen) atoms. The summed E-state index contributed by atoms with van der Waals surface area (Å²) < 4.78 is 0. The van der Waals surface area contributed by atoms with Gasteiger partial charge in [-0.2, -0.15) is 0 Å². The highest BCUT2D eigenvalue weighted by Crippen LogP contribution is 2.41. The van der Waals surface area contributed by atoms with Crippen molar-refractivity contribution in [1.29, 1.82) is 0 Å². The number of fused-ring (bicyclic) bond motifs is 9. The Morgan fingerprint density at radius 1 is 0.367 bits per heavy atom. The van der Waals surface area contributed by atoms with Gasteiger partial charge in [-0.05, 0) is 72.8 Å². The van der Waals surface area contributed by atoms with Gasteiger partial charge in [-0.15, -0.1) is 0 Å². The standard InChI is InChI=1S/C45H28N4/c1-2-11-28(12-3-1)43-47-44(31-15-10-14-30(25-31)42-41-26-29-13-4-5-16-33(29)39(41)23-24-46-42)49-45(48-43)32-21-22-38-36-19-7-6-17-34(36)35-18-8-9-20-37(35)40(38)27-32/h1-25,27H,26H2. The van der Waals surface area contributed by atoms with Crippen LogP contribution in [0.3, 0.4) is 0 Å². The summed E-state index contributed by atoms with van der Waals surface area (Å²) in [6.07, 6.45) is 2.79. The molecule has 1 aliphatic rings. The van der Waals surface area contributed by atoms with E-state index >= 15 is 0 Å². The molecule has 228 valence electrons. The van der Waals surface area contributed by atoms with E-state index in [1.165, 1.54) is 54.6 Å². The third kappa shape index (κ3) is 4.53. The molecule has 10 rings (SSSR count). The van der Waals surface area contributed by atoms with Gasteiger partial charge in [0.05, 0.1) is 5.69 Å². The average molecular weight is 625 g/mol. The summed E-state index contributed by atoms with van der Waals surface area (Å²) in [5.74, 6) is 1.91. The maximum atomic E-state index is 5.15. The van der Waals surface area contributed by atoms with Crippen LogP contribution in [0.2, 0.25) is 0 Å². The van der Waals surface area contributed by atoms with Crippen molar-refractivity contribution in [2.75, 3.05) is 0 Å². The van der Waals surface area contributed by atoms with Crippen molar-refractivity contribution in [3.8, 4) is 56.5 Å². The predicted molar refractivity (Wildman–Crippen MR) is 200 cm³/mol. The summed E-state index contributed by atoms with van der Waals surface area (Å²) >= 11 is 0. The Kier molecular flexibility index (Phi) is 6.21. The molecule has 0 amide bonds. The van der Waals surface area contributed by atoms with Crippen molar-refractivity contribution in [1.82, 2.24) is 19.9 Å². The molecule has 0 bridgehead atoms. The minimum absolute atomic E-state index is 0.630. The highest BCUT2D eigenvalue weighted by atomic mass is 15.0. The van der Waals surface area contributed by atoms with Crippen LogP contribution in [0.4, 0.5) is 0 Å². The molecule has 0 atom stereocenters. The lowest BCUT2D eigenvalue weighted by Crippen LogP contribution is -2.00. The predicted octanol–water partition coefficient (Wildman–Crippen LogP) is 11.0. The molecule has 9 aromatic rings. The number of pyridine rings is 1. The molecule has 0 N–H and O–H groups in total. The summed E-state index contributed by atoms with van der Waals surface area (Å²) in [6.45, 7) is 0. The van der Waals surface area contributed by atoms with Crippen molar-refractivity contribution in [3.05, 3.63) is 169 Å². The van der Waals surface area contributed by atoms with Crippen LogP contribution in [0.15, 0.2) is 158 Å². The maximum absolute atomic E-state index is 5.15. The topological polar surface area (TPSA) is 51.6 Å².